The van der Waals surface area contributed by atoms with Gasteiger partial charge in [-0.2, -0.15) is 5.10 Å². The first kappa shape index (κ1) is 29.2. The van der Waals surface area contributed by atoms with Gasteiger partial charge in [0.1, 0.15) is 35.5 Å². The lowest BCUT2D eigenvalue weighted by Crippen LogP contribution is -1.98. The smallest absolute Gasteiger partial charge is 0.140 e. The molecular weight excluding hydrogens is 599 g/mol. The molecule has 0 aliphatic heterocycles. The molecule has 5 aromatic carbocycles. The lowest BCUT2D eigenvalue weighted by Gasteiger charge is -2.13. The first-order valence-electron chi connectivity index (χ1n) is 15.8. The van der Waals surface area contributed by atoms with E-state index in [9.17, 15) is 4.39 Å². The predicted octanol–water partition coefficient (Wildman–Crippen LogP) is 10.2. The van der Waals surface area contributed by atoms with Crippen molar-refractivity contribution in [3.05, 3.63) is 162 Å². The average molecular weight is 631 g/mol. The van der Waals surface area contributed by atoms with Crippen LogP contribution in [-0.2, 0) is 6.61 Å². The minimum atomic E-state index is -0.341. The number of hydrogen-bond donors (Lipinski definition) is 0. The van der Waals surface area contributed by atoms with Crippen LogP contribution in [0.15, 0.2) is 140 Å². The van der Waals surface area contributed by atoms with Gasteiger partial charge in [0.25, 0.3) is 0 Å². The highest BCUT2D eigenvalue weighted by Gasteiger charge is 2.15. The molecular formula is C41H31FN4O2. The number of nitrogens with zero attached hydrogens (tertiary/aromatic N) is 4. The molecule has 0 spiro atoms. The van der Waals surface area contributed by atoms with Crippen molar-refractivity contribution in [2.75, 3.05) is 0 Å². The maximum atomic E-state index is 14.2. The van der Waals surface area contributed by atoms with E-state index >= 15 is 0 Å². The zero-order valence-corrected chi connectivity index (χ0v) is 26.5. The molecule has 0 aliphatic rings. The molecule has 0 amide bonds. The zero-order chi connectivity index (χ0) is 32.6. The third-order valence-corrected chi connectivity index (χ3v) is 8.53. The zero-order valence-electron chi connectivity index (χ0n) is 26.5. The molecule has 0 saturated carbocycles. The first-order valence-corrected chi connectivity index (χ1v) is 15.8. The van der Waals surface area contributed by atoms with Crippen molar-refractivity contribution in [3.63, 3.8) is 0 Å². The second-order valence-corrected chi connectivity index (χ2v) is 11.8. The number of pyridine rings is 1. The fourth-order valence-electron chi connectivity index (χ4n) is 6.40. The Kier molecular flexibility index (Phi) is 7.42. The summed E-state index contributed by atoms with van der Waals surface area (Å²) in [5.74, 6) is 2.34. The number of ether oxygens (including phenoxy) is 2. The lowest BCUT2D eigenvalue weighted by atomic mass is 9.98. The minimum absolute atomic E-state index is 0.341. The van der Waals surface area contributed by atoms with E-state index in [1.54, 1.807) is 0 Å². The van der Waals surface area contributed by atoms with Crippen molar-refractivity contribution in [2.45, 2.75) is 20.5 Å². The number of benzene rings is 5. The number of rotatable bonds is 8. The SMILES string of the molecule is Cc1cc(OCc2ccccc2)cc(C)c1-c1cnn(-c2cccc(Oc3ccc4c5ccccc5n(-c5cc(F)ccn5)c4c3)c2)c1. The third-order valence-electron chi connectivity index (χ3n) is 8.53. The Bertz CT molecular complexity index is 2410. The standard InChI is InChI=1S/C41H31FN4O2/c1-27-19-35(47-26-29-9-4-3-5-10-29)20-28(2)41(27)30-24-44-45(25-30)32-11-8-12-33(22-32)48-34-15-16-37-36-13-6-7-14-38(36)46(39(37)23-34)40-21-31(42)17-18-43-40/h3-25H,26H2,1-2H3. The van der Waals surface area contributed by atoms with Gasteiger partial charge in [0, 0.05) is 46.9 Å². The molecule has 234 valence electrons. The molecule has 6 nitrogen and oxygen atoms in total. The molecule has 8 rings (SSSR count). The molecule has 3 heterocycles. The topological polar surface area (TPSA) is 54.1 Å². The number of para-hydroxylation sites is 1. The van der Waals surface area contributed by atoms with Crippen molar-refractivity contribution in [3.8, 4) is 39.9 Å². The van der Waals surface area contributed by atoms with E-state index in [-0.39, 0.29) is 5.82 Å². The highest BCUT2D eigenvalue weighted by molar-refractivity contribution is 6.09. The van der Waals surface area contributed by atoms with Crippen LogP contribution in [0.1, 0.15) is 16.7 Å². The van der Waals surface area contributed by atoms with E-state index in [1.807, 2.05) is 101 Å². The highest BCUT2D eigenvalue weighted by atomic mass is 19.1. The molecule has 0 N–H and O–H groups in total. The van der Waals surface area contributed by atoms with Crippen LogP contribution in [0.25, 0.3) is 44.4 Å². The van der Waals surface area contributed by atoms with E-state index < -0.39 is 0 Å². The number of fused-ring (bicyclic) bond motifs is 3. The fraction of sp³-hybridized carbons (Fsp3) is 0.0732. The summed E-state index contributed by atoms with van der Waals surface area (Å²) in [7, 11) is 0. The number of aryl methyl sites for hydroxylation is 2. The van der Waals surface area contributed by atoms with Gasteiger partial charge in [-0.1, -0.05) is 54.6 Å². The van der Waals surface area contributed by atoms with Crippen LogP contribution < -0.4 is 9.47 Å². The average Bonchev–Trinajstić information content (AvgIpc) is 3.71. The summed E-state index contributed by atoms with van der Waals surface area (Å²) in [5, 5.41) is 6.79. The summed E-state index contributed by atoms with van der Waals surface area (Å²) < 4.78 is 30.6. The molecule has 8 aromatic rings. The minimum Gasteiger partial charge on any atom is -0.489 e. The molecule has 48 heavy (non-hydrogen) atoms. The number of hydrogen-bond acceptors (Lipinski definition) is 4. The summed E-state index contributed by atoms with van der Waals surface area (Å²) in [6, 6.07) is 39.0. The van der Waals surface area contributed by atoms with Gasteiger partial charge in [-0.15, -0.1) is 0 Å². The Balaban J connectivity index is 1.07. The van der Waals surface area contributed by atoms with Crippen LogP contribution >= 0.6 is 0 Å². The molecule has 0 unspecified atom stereocenters. The first-order chi connectivity index (χ1) is 23.5. The van der Waals surface area contributed by atoms with Gasteiger partial charge in [-0.25, -0.2) is 14.1 Å². The summed E-state index contributed by atoms with van der Waals surface area (Å²) >= 11 is 0. The molecule has 0 saturated heterocycles. The summed E-state index contributed by atoms with van der Waals surface area (Å²) in [6.07, 6.45) is 5.41. The van der Waals surface area contributed by atoms with Crippen LogP contribution in [0.5, 0.6) is 17.2 Å². The van der Waals surface area contributed by atoms with Crippen molar-refractivity contribution in [1.29, 1.82) is 0 Å². The van der Waals surface area contributed by atoms with Gasteiger partial charge in [-0.3, -0.25) is 4.57 Å². The van der Waals surface area contributed by atoms with E-state index in [0.29, 0.717) is 23.9 Å². The number of halogens is 1. The second kappa shape index (κ2) is 12.2. The Morgan fingerprint density at radius 1 is 0.688 bits per heavy atom. The van der Waals surface area contributed by atoms with Gasteiger partial charge in [0.2, 0.25) is 0 Å². The van der Waals surface area contributed by atoms with Gasteiger partial charge in [0.05, 0.1) is 22.9 Å². The van der Waals surface area contributed by atoms with E-state index in [0.717, 1.165) is 61.1 Å². The third kappa shape index (κ3) is 5.56. The number of aromatic nitrogens is 4. The monoisotopic (exact) mass is 630 g/mol. The van der Waals surface area contributed by atoms with Gasteiger partial charge in [0.15, 0.2) is 0 Å². The lowest BCUT2D eigenvalue weighted by molar-refractivity contribution is 0.306. The van der Waals surface area contributed by atoms with E-state index in [4.69, 9.17) is 14.6 Å². The molecule has 0 fully saturated rings. The highest BCUT2D eigenvalue weighted by Crippen LogP contribution is 2.36. The van der Waals surface area contributed by atoms with Crippen LogP contribution in [0.3, 0.4) is 0 Å². The predicted molar refractivity (Wildman–Crippen MR) is 188 cm³/mol. The Morgan fingerprint density at radius 2 is 1.46 bits per heavy atom. The van der Waals surface area contributed by atoms with E-state index in [2.05, 4.69) is 49.2 Å². The molecule has 0 aliphatic carbocycles. The largest absolute Gasteiger partial charge is 0.489 e. The van der Waals surface area contributed by atoms with E-state index in [1.165, 1.54) is 18.3 Å². The van der Waals surface area contributed by atoms with Gasteiger partial charge < -0.3 is 9.47 Å². The molecule has 0 radical (unpaired) electrons. The summed E-state index contributed by atoms with van der Waals surface area (Å²) in [4.78, 5) is 4.47. The summed E-state index contributed by atoms with van der Waals surface area (Å²) in [5.41, 5.74) is 8.23. The van der Waals surface area contributed by atoms with Crippen LogP contribution in [0.2, 0.25) is 0 Å². The van der Waals surface area contributed by atoms with Crippen molar-refractivity contribution in [2.24, 2.45) is 0 Å². The van der Waals surface area contributed by atoms with Crippen LogP contribution in [0.4, 0.5) is 4.39 Å². The maximum absolute atomic E-state index is 14.2. The van der Waals surface area contributed by atoms with Crippen LogP contribution in [0, 0.1) is 19.7 Å². The van der Waals surface area contributed by atoms with Crippen molar-refractivity contribution >= 4 is 21.8 Å². The van der Waals surface area contributed by atoms with Crippen molar-refractivity contribution in [1.82, 2.24) is 19.3 Å². The quantitative estimate of drug-likeness (QED) is 0.168. The molecule has 0 bridgehead atoms. The normalized spacial score (nSPS) is 11.3. The Hall–Kier alpha value is -6.21. The molecule has 7 heteroatoms. The Labute approximate surface area is 277 Å². The maximum Gasteiger partial charge on any atom is 0.140 e. The second-order valence-electron chi connectivity index (χ2n) is 11.8. The van der Waals surface area contributed by atoms with Crippen LogP contribution in [-0.4, -0.2) is 19.3 Å². The Morgan fingerprint density at radius 3 is 2.29 bits per heavy atom. The summed E-state index contributed by atoms with van der Waals surface area (Å²) in [6.45, 7) is 4.73. The fourth-order valence-corrected chi connectivity index (χ4v) is 6.40. The van der Waals surface area contributed by atoms with Gasteiger partial charge >= 0.3 is 0 Å². The molecule has 3 aromatic heterocycles. The molecule has 0 atom stereocenters. The van der Waals surface area contributed by atoms with Gasteiger partial charge in [-0.05, 0) is 84.6 Å². The van der Waals surface area contributed by atoms with Crippen molar-refractivity contribution < 1.29 is 13.9 Å².